The number of ether oxygens (including phenoxy) is 1. The summed E-state index contributed by atoms with van der Waals surface area (Å²) in [4.78, 5) is 11.3. The van der Waals surface area contributed by atoms with Crippen molar-refractivity contribution in [2.24, 2.45) is 0 Å². The standard InChI is InChI=1S/C25H22ClFN6O2/c1-32(2)23-5-3-4-20(28-23)25-29-24(15-21-19-14-17(27)8-11-22(19)35-31-21)33(30-25)12-13-34-18-9-6-16(26)7-10-18/h3-11,14H,12-13,15H2,1-2H3. The molecule has 0 saturated carbocycles. The fraction of sp³-hybridized carbons (Fsp3) is 0.200. The second-order valence-corrected chi connectivity index (χ2v) is 8.54. The quantitative estimate of drug-likeness (QED) is 0.301. The fourth-order valence-electron chi connectivity index (χ4n) is 3.61. The highest BCUT2D eigenvalue weighted by Gasteiger charge is 2.18. The highest BCUT2D eigenvalue weighted by atomic mass is 35.5. The lowest BCUT2D eigenvalue weighted by Gasteiger charge is -2.11. The highest BCUT2D eigenvalue weighted by Crippen LogP contribution is 2.23. The van der Waals surface area contributed by atoms with Crippen molar-refractivity contribution in [3.8, 4) is 17.3 Å². The van der Waals surface area contributed by atoms with E-state index in [2.05, 4.69) is 10.1 Å². The molecule has 8 nitrogen and oxygen atoms in total. The van der Waals surface area contributed by atoms with Gasteiger partial charge in [0.05, 0.1) is 18.7 Å². The van der Waals surface area contributed by atoms with Gasteiger partial charge in [-0.25, -0.2) is 19.0 Å². The summed E-state index contributed by atoms with van der Waals surface area (Å²) in [5, 5.41) is 10.1. The van der Waals surface area contributed by atoms with Crippen LogP contribution in [-0.2, 0) is 13.0 Å². The summed E-state index contributed by atoms with van der Waals surface area (Å²) in [6.45, 7) is 0.791. The molecule has 0 aliphatic heterocycles. The molecule has 35 heavy (non-hydrogen) atoms. The van der Waals surface area contributed by atoms with E-state index in [1.807, 2.05) is 49.3 Å². The molecule has 0 amide bonds. The number of halogens is 2. The number of nitrogens with zero attached hydrogens (tertiary/aromatic N) is 6. The Hall–Kier alpha value is -3.98. The van der Waals surface area contributed by atoms with Gasteiger partial charge < -0.3 is 14.2 Å². The van der Waals surface area contributed by atoms with Crippen molar-refractivity contribution in [3.63, 3.8) is 0 Å². The minimum absolute atomic E-state index is 0.303. The molecule has 0 spiro atoms. The molecule has 0 bridgehead atoms. The van der Waals surface area contributed by atoms with E-state index in [4.69, 9.17) is 30.9 Å². The zero-order chi connectivity index (χ0) is 24.4. The van der Waals surface area contributed by atoms with Crippen molar-refractivity contribution >= 4 is 28.4 Å². The average molecular weight is 493 g/mol. The van der Waals surface area contributed by atoms with Crippen LogP contribution in [0.1, 0.15) is 11.5 Å². The number of fused-ring (bicyclic) bond motifs is 1. The van der Waals surface area contributed by atoms with Crippen LogP contribution in [0.3, 0.4) is 0 Å². The predicted molar refractivity (Wildman–Crippen MR) is 131 cm³/mol. The third-order valence-corrected chi connectivity index (χ3v) is 5.64. The molecule has 3 aromatic heterocycles. The Morgan fingerprint density at radius 2 is 1.89 bits per heavy atom. The van der Waals surface area contributed by atoms with E-state index >= 15 is 0 Å². The molecule has 0 aliphatic carbocycles. The SMILES string of the molecule is CN(C)c1cccc(-c2nc(Cc3noc4ccc(F)cc34)n(CCOc3ccc(Cl)cc3)n2)n1. The van der Waals surface area contributed by atoms with Crippen LogP contribution in [0, 0.1) is 5.82 Å². The first kappa shape index (κ1) is 22.8. The van der Waals surface area contributed by atoms with E-state index in [1.165, 1.54) is 12.1 Å². The number of anilines is 1. The second-order valence-electron chi connectivity index (χ2n) is 8.10. The van der Waals surface area contributed by atoms with Gasteiger partial charge >= 0.3 is 0 Å². The molecule has 0 aliphatic rings. The molecule has 10 heteroatoms. The lowest BCUT2D eigenvalue weighted by atomic mass is 10.1. The largest absolute Gasteiger partial charge is 0.492 e. The summed E-state index contributed by atoms with van der Waals surface area (Å²) in [7, 11) is 3.85. The predicted octanol–water partition coefficient (Wildman–Crippen LogP) is 5.01. The van der Waals surface area contributed by atoms with Gasteiger partial charge in [0.15, 0.2) is 11.4 Å². The minimum atomic E-state index is -0.356. The van der Waals surface area contributed by atoms with Crippen molar-refractivity contribution in [1.82, 2.24) is 24.9 Å². The van der Waals surface area contributed by atoms with E-state index in [-0.39, 0.29) is 5.82 Å². The first-order valence-corrected chi connectivity index (χ1v) is 11.3. The first-order valence-electron chi connectivity index (χ1n) is 11.0. The van der Waals surface area contributed by atoms with Crippen LogP contribution in [-0.4, -0.2) is 45.6 Å². The lowest BCUT2D eigenvalue weighted by Crippen LogP contribution is -2.13. The van der Waals surface area contributed by atoms with E-state index in [0.29, 0.717) is 64.4 Å². The molecular formula is C25H22ClFN6O2. The molecule has 0 saturated heterocycles. The Balaban J connectivity index is 1.45. The summed E-state index contributed by atoms with van der Waals surface area (Å²) in [5.74, 6) is 2.26. The van der Waals surface area contributed by atoms with E-state index in [0.717, 1.165) is 5.82 Å². The van der Waals surface area contributed by atoms with Crippen molar-refractivity contribution < 1.29 is 13.7 Å². The molecule has 0 N–H and O–H groups in total. The summed E-state index contributed by atoms with van der Waals surface area (Å²) in [6.07, 6.45) is 0.303. The normalized spacial score (nSPS) is 11.2. The molecule has 0 fully saturated rings. The Bertz CT molecular complexity index is 1460. The zero-order valence-electron chi connectivity index (χ0n) is 19.2. The number of hydrogen-bond donors (Lipinski definition) is 0. The van der Waals surface area contributed by atoms with Crippen molar-refractivity contribution in [3.05, 3.63) is 83.0 Å². The highest BCUT2D eigenvalue weighted by molar-refractivity contribution is 6.30. The van der Waals surface area contributed by atoms with Crippen LogP contribution < -0.4 is 9.64 Å². The van der Waals surface area contributed by atoms with E-state index in [9.17, 15) is 4.39 Å². The summed E-state index contributed by atoms with van der Waals surface area (Å²) in [5.41, 5.74) is 1.73. The fourth-order valence-corrected chi connectivity index (χ4v) is 3.73. The summed E-state index contributed by atoms with van der Waals surface area (Å²) in [6, 6.07) is 17.2. The Morgan fingerprint density at radius 3 is 2.69 bits per heavy atom. The first-order chi connectivity index (χ1) is 17.0. The zero-order valence-corrected chi connectivity index (χ0v) is 19.9. The molecule has 2 aromatic carbocycles. The Kier molecular flexibility index (Phi) is 6.33. The van der Waals surface area contributed by atoms with Crippen LogP contribution in [0.5, 0.6) is 5.75 Å². The summed E-state index contributed by atoms with van der Waals surface area (Å²) >= 11 is 5.95. The molecule has 5 rings (SSSR count). The van der Waals surface area contributed by atoms with Crippen molar-refractivity contribution in [1.29, 1.82) is 0 Å². The molecule has 178 valence electrons. The number of hydrogen-bond acceptors (Lipinski definition) is 7. The smallest absolute Gasteiger partial charge is 0.200 e. The van der Waals surface area contributed by atoms with Gasteiger partial charge in [0, 0.05) is 24.5 Å². The molecule has 0 radical (unpaired) electrons. The Labute approximate surface area is 205 Å². The minimum Gasteiger partial charge on any atom is -0.492 e. The van der Waals surface area contributed by atoms with Crippen LogP contribution >= 0.6 is 11.6 Å². The van der Waals surface area contributed by atoms with Crippen LogP contribution in [0.4, 0.5) is 10.2 Å². The molecule has 3 heterocycles. The third kappa shape index (κ3) is 5.09. The number of pyridine rings is 1. The van der Waals surface area contributed by atoms with Gasteiger partial charge in [-0.15, -0.1) is 5.10 Å². The summed E-state index contributed by atoms with van der Waals surface area (Å²) < 4.78 is 26.8. The van der Waals surface area contributed by atoms with Gasteiger partial charge in [-0.05, 0) is 54.6 Å². The van der Waals surface area contributed by atoms with Crippen molar-refractivity contribution in [2.75, 3.05) is 25.6 Å². The van der Waals surface area contributed by atoms with E-state index < -0.39 is 0 Å². The number of rotatable bonds is 8. The average Bonchev–Trinajstić information content (AvgIpc) is 3.44. The lowest BCUT2D eigenvalue weighted by molar-refractivity contribution is 0.289. The maximum absolute atomic E-state index is 13.9. The molecule has 0 unspecified atom stereocenters. The Morgan fingerprint density at radius 1 is 1.06 bits per heavy atom. The van der Waals surface area contributed by atoms with Gasteiger partial charge in [0.2, 0.25) is 0 Å². The van der Waals surface area contributed by atoms with Crippen molar-refractivity contribution in [2.45, 2.75) is 13.0 Å². The second kappa shape index (κ2) is 9.71. The molecular weight excluding hydrogens is 471 g/mol. The topological polar surface area (TPSA) is 82.1 Å². The van der Waals surface area contributed by atoms with Gasteiger partial charge in [-0.2, -0.15) is 0 Å². The van der Waals surface area contributed by atoms with Gasteiger partial charge in [-0.3, -0.25) is 0 Å². The van der Waals surface area contributed by atoms with Gasteiger partial charge in [0.25, 0.3) is 0 Å². The maximum atomic E-state index is 13.9. The molecule has 5 aromatic rings. The van der Waals surface area contributed by atoms with E-state index in [1.54, 1.807) is 22.9 Å². The van der Waals surface area contributed by atoms with Gasteiger partial charge in [-0.1, -0.05) is 22.8 Å². The van der Waals surface area contributed by atoms with Crippen LogP contribution in [0.25, 0.3) is 22.5 Å². The third-order valence-electron chi connectivity index (χ3n) is 5.39. The number of aromatic nitrogens is 5. The monoisotopic (exact) mass is 492 g/mol. The van der Waals surface area contributed by atoms with Gasteiger partial charge in [0.1, 0.15) is 35.5 Å². The van der Waals surface area contributed by atoms with Crippen LogP contribution in [0.2, 0.25) is 5.02 Å². The maximum Gasteiger partial charge on any atom is 0.200 e. The molecule has 0 atom stereocenters. The number of benzene rings is 2. The van der Waals surface area contributed by atoms with Crippen LogP contribution in [0.15, 0.2) is 65.2 Å².